The molecule has 0 aliphatic heterocycles. The molecule has 0 fully saturated rings. The zero-order valence-corrected chi connectivity index (χ0v) is 9.98. The number of hydrogen-bond acceptors (Lipinski definition) is 2. The maximum Gasteiger partial charge on any atom is 0.0961 e. The molecule has 1 aromatic carbocycles. The minimum Gasteiger partial charge on any atom is -0.326 e. The van der Waals surface area contributed by atoms with Crippen LogP contribution < -0.4 is 5.32 Å². The van der Waals surface area contributed by atoms with Crippen molar-refractivity contribution in [1.29, 1.82) is 0 Å². The number of para-hydroxylation sites is 2. The molecule has 0 spiro atoms. The quantitative estimate of drug-likeness (QED) is 0.834. The minimum absolute atomic E-state index is 0.493. The molecule has 1 atom stereocenters. The van der Waals surface area contributed by atoms with Gasteiger partial charge < -0.3 is 9.88 Å². The number of nitrogens with zero attached hydrogens (tertiary/aromatic N) is 2. The summed E-state index contributed by atoms with van der Waals surface area (Å²) in [7, 11) is 0. The smallest absolute Gasteiger partial charge is 0.0961 e. The number of benzene rings is 1. The van der Waals surface area contributed by atoms with E-state index in [4.69, 9.17) is 0 Å². The fraction of sp³-hybridized carbons (Fsp3) is 0.462. The molecule has 2 aromatic rings. The maximum atomic E-state index is 4.43. The number of aromatic nitrogens is 2. The van der Waals surface area contributed by atoms with Crippen molar-refractivity contribution < 1.29 is 0 Å². The molecule has 1 N–H and O–H groups in total. The molecule has 0 amide bonds. The Kier molecular flexibility index (Phi) is 3.57. The van der Waals surface area contributed by atoms with Gasteiger partial charge in [0.05, 0.1) is 17.4 Å². The van der Waals surface area contributed by atoms with Crippen LogP contribution in [0.4, 0.5) is 0 Å². The van der Waals surface area contributed by atoms with Crippen molar-refractivity contribution in [3.8, 4) is 0 Å². The first kappa shape index (κ1) is 11.1. The van der Waals surface area contributed by atoms with Gasteiger partial charge in [-0.2, -0.15) is 0 Å². The molecule has 1 unspecified atom stereocenters. The van der Waals surface area contributed by atoms with E-state index in [9.17, 15) is 0 Å². The first-order chi connectivity index (χ1) is 7.86. The van der Waals surface area contributed by atoms with Gasteiger partial charge in [0.15, 0.2) is 0 Å². The Morgan fingerprint density at radius 3 is 2.88 bits per heavy atom. The number of hydrogen-bond donors (Lipinski definition) is 1. The van der Waals surface area contributed by atoms with Gasteiger partial charge in [-0.25, -0.2) is 4.98 Å². The second kappa shape index (κ2) is 5.12. The Balaban J connectivity index is 2.30. The van der Waals surface area contributed by atoms with Gasteiger partial charge in [-0.05, 0) is 25.1 Å². The summed E-state index contributed by atoms with van der Waals surface area (Å²) in [6, 6.07) is 8.79. The molecule has 3 nitrogen and oxygen atoms in total. The van der Waals surface area contributed by atoms with Gasteiger partial charge in [-0.3, -0.25) is 0 Å². The number of rotatable bonds is 5. The lowest BCUT2D eigenvalue weighted by Crippen LogP contribution is -2.24. The van der Waals surface area contributed by atoms with Gasteiger partial charge in [0.25, 0.3) is 0 Å². The van der Waals surface area contributed by atoms with Crippen molar-refractivity contribution in [2.24, 2.45) is 0 Å². The third kappa shape index (κ3) is 2.09. The monoisotopic (exact) mass is 217 g/mol. The van der Waals surface area contributed by atoms with Crippen LogP contribution >= 0.6 is 0 Å². The molecule has 0 radical (unpaired) electrons. The van der Waals surface area contributed by atoms with Crippen LogP contribution in [-0.2, 0) is 0 Å². The van der Waals surface area contributed by atoms with Gasteiger partial charge in [0, 0.05) is 12.6 Å². The van der Waals surface area contributed by atoms with Crippen LogP contribution in [0.25, 0.3) is 11.0 Å². The largest absolute Gasteiger partial charge is 0.326 e. The molecule has 3 heteroatoms. The highest BCUT2D eigenvalue weighted by atomic mass is 15.1. The fourth-order valence-electron chi connectivity index (χ4n) is 2.02. The Hall–Kier alpha value is -1.35. The maximum absolute atomic E-state index is 4.43. The molecule has 86 valence electrons. The summed E-state index contributed by atoms with van der Waals surface area (Å²) in [5.74, 6) is 0. The average Bonchev–Trinajstić information content (AvgIpc) is 2.75. The summed E-state index contributed by atoms with van der Waals surface area (Å²) in [5.41, 5.74) is 2.31. The Bertz CT molecular complexity index is 447. The zero-order chi connectivity index (χ0) is 11.4. The van der Waals surface area contributed by atoms with Gasteiger partial charge in [-0.1, -0.05) is 26.0 Å². The van der Waals surface area contributed by atoms with E-state index in [1.165, 1.54) is 5.52 Å². The molecular formula is C13H19N3. The molecule has 0 aliphatic rings. The van der Waals surface area contributed by atoms with Crippen LogP contribution in [0.3, 0.4) is 0 Å². The van der Waals surface area contributed by atoms with Gasteiger partial charge in [0.2, 0.25) is 0 Å². The Morgan fingerprint density at radius 2 is 2.12 bits per heavy atom. The highest BCUT2D eigenvalue weighted by Gasteiger charge is 2.10. The van der Waals surface area contributed by atoms with E-state index < -0.39 is 0 Å². The highest BCUT2D eigenvalue weighted by molar-refractivity contribution is 5.75. The lowest BCUT2D eigenvalue weighted by molar-refractivity contribution is 0.463. The van der Waals surface area contributed by atoms with E-state index in [1.54, 1.807) is 0 Å². The number of fused-ring (bicyclic) bond motifs is 1. The first-order valence-corrected chi connectivity index (χ1v) is 5.99. The summed E-state index contributed by atoms with van der Waals surface area (Å²) in [5, 5.41) is 3.40. The molecule has 0 aliphatic carbocycles. The molecule has 1 heterocycles. The van der Waals surface area contributed by atoms with Gasteiger partial charge >= 0.3 is 0 Å². The summed E-state index contributed by atoms with van der Waals surface area (Å²) in [6.07, 6.45) is 3.07. The summed E-state index contributed by atoms with van der Waals surface area (Å²) >= 11 is 0. The van der Waals surface area contributed by atoms with Crippen molar-refractivity contribution in [2.45, 2.75) is 26.3 Å². The number of imidazole rings is 1. The normalized spacial score (nSPS) is 13.1. The van der Waals surface area contributed by atoms with E-state index in [-0.39, 0.29) is 0 Å². The zero-order valence-electron chi connectivity index (χ0n) is 9.98. The van der Waals surface area contributed by atoms with Crippen LogP contribution in [-0.4, -0.2) is 22.6 Å². The Labute approximate surface area is 96.5 Å². The molecule has 16 heavy (non-hydrogen) atoms. The second-order valence-corrected chi connectivity index (χ2v) is 4.01. The van der Waals surface area contributed by atoms with Crippen LogP contribution in [0.5, 0.6) is 0 Å². The topological polar surface area (TPSA) is 29.9 Å². The second-order valence-electron chi connectivity index (χ2n) is 4.01. The predicted octanol–water partition coefficient (Wildman–Crippen LogP) is 2.60. The van der Waals surface area contributed by atoms with Crippen LogP contribution in [0.2, 0.25) is 0 Å². The van der Waals surface area contributed by atoms with Crippen molar-refractivity contribution in [1.82, 2.24) is 14.9 Å². The molecule has 2 rings (SSSR count). The molecule has 1 aromatic heterocycles. The van der Waals surface area contributed by atoms with Gasteiger partial charge in [0.1, 0.15) is 0 Å². The standard InChI is InChI=1S/C13H19N3/c1-3-11(9-14-4-2)16-10-15-12-7-5-6-8-13(12)16/h5-8,10-11,14H,3-4,9H2,1-2H3. The van der Waals surface area contributed by atoms with Crippen LogP contribution in [0.1, 0.15) is 26.3 Å². The van der Waals surface area contributed by atoms with Crippen molar-refractivity contribution in [3.05, 3.63) is 30.6 Å². The van der Waals surface area contributed by atoms with Crippen molar-refractivity contribution in [3.63, 3.8) is 0 Å². The van der Waals surface area contributed by atoms with Crippen molar-refractivity contribution >= 4 is 11.0 Å². The van der Waals surface area contributed by atoms with Crippen LogP contribution in [0, 0.1) is 0 Å². The molecule has 0 saturated carbocycles. The SMILES string of the molecule is CCNCC(CC)n1cnc2ccccc21. The summed E-state index contributed by atoms with van der Waals surface area (Å²) in [4.78, 5) is 4.43. The average molecular weight is 217 g/mol. The molecule has 0 bridgehead atoms. The van der Waals surface area contributed by atoms with E-state index in [0.717, 1.165) is 25.0 Å². The summed E-state index contributed by atoms with van der Waals surface area (Å²) in [6.45, 7) is 6.38. The minimum atomic E-state index is 0.493. The molecule has 0 saturated heterocycles. The van der Waals surface area contributed by atoms with E-state index in [0.29, 0.717) is 6.04 Å². The Morgan fingerprint density at radius 1 is 1.31 bits per heavy atom. The van der Waals surface area contributed by atoms with Crippen molar-refractivity contribution in [2.75, 3.05) is 13.1 Å². The summed E-state index contributed by atoms with van der Waals surface area (Å²) < 4.78 is 2.28. The fourth-order valence-corrected chi connectivity index (χ4v) is 2.02. The third-order valence-corrected chi connectivity index (χ3v) is 2.98. The van der Waals surface area contributed by atoms with E-state index in [2.05, 4.69) is 46.9 Å². The first-order valence-electron chi connectivity index (χ1n) is 5.99. The van der Waals surface area contributed by atoms with E-state index >= 15 is 0 Å². The number of likely N-dealkylation sites (N-methyl/N-ethyl adjacent to an activating group) is 1. The third-order valence-electron chi connectivity index (χ3n) is 2.98. The predicted molar refractivity (Wildman–Crippen MR) is 67.6 cm³/mol. The lowest BCUT2D eigenvalue weighted by atomic mass is 10.2. The number of nitrogens with one attached hydrogen (secondary N) is 1. The lowest BCUT2D eigenvalue weighted by Gasteiger charge is -2.17. The van der Waals surface area contributed by atoms with Crippen LogP contribution in [0.15, 0.2) is 30.6 Å². The molecular weight excluding hydrogens is 198 g/mol. The van der Waals surface area contributed by atoms with Gasteiger partial charge in [-0.15, -0.1) is 0 Å². The highest BCUT2D eigenvalue weighted by Crippen LogP contribution is 2.19. The van der Waals surface area contributed by atoms with E-state index in [1.807, 2.05) is 12.4 Å².